The van der Waals surface area contributed by atoms with Gasteiger partial charge in [0.15, 0.2) is 0 Å². The zero-order valence-corrected chi connectivity index (χ0v) is 10.7. The first-order valence-corrected chi connectivity index (χ1v) is 6.69. The summed E-state index contributed by atoms with van der Waals surface area (Å²) in [6.07, 6.45) is 2.25. The molecule has 0 aromatic heterocycles. The minimum absolute atomic E-state index is 0.205. The largest absolute Gasteiger partial charge is 0.392 e. The monoisotopic (exact) mass is 219 g/mol. The lowest BCUT2D eigenvalue weighted by Gasteiger charge is -2.20. The molecule has 3 unspecified atom stereocenters. The molecule has 0 heterocycles. The van der Waals surface area contributed by atoms with Crippen LogP contribution in [-0.2, 0) is 0 Å². The molecule has 0 rings (SSSR count). The highest BCUT2D eigenvalue weighted by Crippen LogP contribution is 2.16. The van der Waals surface area contributed by atoms with Crippen LogP contribution in [0.25, 0.3) is 0 Å². The molecular formula is C11H25NOS. The van der Waals surface area contributed by atoms with E-state index >= 15 is 0 Å². The van der Waals surface area contributed by atoms with Crippen LogP contribution < -0.4 is 5.32 Å². The van der Waals surface area contributed by atoms with Crippen LogP contribution in [-0.4, -0.2) is 34.8 Å². The quantitative estimate of drug-likeness (QED) is 0.657. The van der Waals surface area contributed by atoms with Crippen molar-refractivity contribution in [2.24, 2.45) is 0 Å². The average molecular weight is 219 g/mol. The number of aliphatic hydroxyl groups excluding tert-OH is 1. The zero-order chi connectivity index (χ0) is 11.0. The Labute approximate surface area is 92.9 Å². The van der Waals surface area contributed by atoms with Crippen LogP contribution in [0, 0.1) is 0 Å². The van der Waals surface area contributed by atoms with Gasteiger partial charge in [-0.1, -0.05) is 27.2 Å². The Hall–Kier alpha value is 0.270. The van der Waals surface area contributed by atoms with E-state index in [4.69, 9.17) is 0 Å². The molecule has 3 heteroatoms. The third-order valence-corrected chi connectivity index (χ3v) is 3.88. The molecule has 0 bridgehead atoms. The molecule has 86 valence electrons. The van der Waals surface area contributed by atoms with Gasteiger partial charge < -0.3 is 10.4 Å². The maximum atomic E-state index is 9.35. The number of aliphatic hydroxyl groups is 1. The third-order valence-electron chi connectivity index (χ3n) is 2.37. The van der Waals surface area contributed by atoms with E-state index in [1.807, 2.05) is 18.7 Å². The van der Waals surface area contributed by atoms with Gasteiger partial charge in [0.25, 0.3) is 0 Å². The molecule has 2 N–H and O–H groups in total. The van der Waals surface area contributed by atoms with Crippen molar-refractivity contribution in [2.45, 2.75) is 57.9 Å². The summed E-state index contributed by atoms with van der Waals surface area (Å²) in [6, 6.07) is 0.608. The molecule has 0 radical (unpaired) electrons. The van der Waals surface area contributed by atoms with Crippen LogP contribution >= 0.6 is 11.8 Å². The van der Waals surface area contributed by atoms with Gasteiger partial charge in [-0.05, 0) is 19.9 Å². The Morgan fingerprint density at radius 2 is 1.93 bits per heavy atom. The van der Waals surface area contributed by atoms with E-state index in [0.29, 0.717) is 11.3 Å². The molecule has 3 atom stereocenters. The molecule has 0 saturated carbocycles. The molecule has 0 aliphatic carbocycles. The smallest absolute Gasteiger partial charge is 0.0628 e. The van der Waals surface area contributed by atoms with Gasteiger partial charge in [0.1, 0.15) is 0 Å². The molecule has 0 spiro atoms. The Kier molecular flexibility index (Phi) is 8.73. The van der Waals surface area contributed by atoms with Gasteiger partial charge >= 0.3 is 0 Å². The summed E-state index contributed by atoms with van der Waals surface area (Å²) in [6.45, 7) is 9.34. The molecule has 0 aromatic carbocycles. The number of rotatable bonds is 8. The SMILES string of the molecule is CCCC(CSC(C)C(C)O)NCC. The van der Waals surface area contributed by atoms with Gasteiger partial charge in [-0.25, -0.2) is 0 Å². The molecule has 14 heavy (non-hydrogen) atoms. The van der Waals surface area contributed by atoms with Crippen LogP contribution in [0.2, 0.25) is 0 Å². The molecule has 2 nitrogen and oxygen atoms in total. The van der Waals surface area contributed by atoms with E-state index in [2.05, 4.69) is 26.1 Å². The number of thioether (sulfide) groups is 1. The van der Waals surface area contributed by atoms with E-state index in [-0.39, 0.29) is 6.10 Å². The van der Waals surface area contributed by atoms with Crippen LogP contribution in [0.1, 0.15) is 40.5 Å². The first kappa shape index (κ1) is 14.3. The minimum atomic E-state index is -0.205. The molecule has 0 fully saturated rings. The first-order valence-electron chi connectivity index (χ1n) is 5.64. The van der Waals surface area contributed by atoms with Crippen molar-refractivity contribution in [3.05, 3.63) is 0 Å². The van der Waals surface area contributed by atoms with Crippen molar-refractivity contribution in [3.63, 3.8) is 0 Å². The normalized spacial score (nSPS) is 17.8. The Balaban J connectivity index is 3.68. The second-order valence-corrected chi connectivity index (χ2v) is 5.23. The highest BCUT2D eigenvalue weighted by atomic mass is 32.2. The van der Waals surface area contributed by atoms with Gasteiger partial charge in [-0.2, -0.15) is 11.8 Å². The van der Waals surface area contributed by atoms with Crippen molar-refractivity contribution >= 4 is 11.8 Å². The number of nitrogens with one attached hydrogen (secondary N) is 1. The summed E-state index contributed by atoms with van der Waals surface area (Å²) in [5.41, 5.74) is 0. The lowest BCUT2D eigenvalue weighted by Crippen LogP contribution is -2.32. The Morgan fingerprint density at radius 3 is 2.36 bits per heavy atom. The molecule has 0 amide bonds. The summed E-state index contributed by atoms with van der Waals surface area (Å²) in [4.78, 5) is 0. The van der Waals surface area contributed by atoms with Crippen LogP contribution in [0.3, 0.4) is 0 Å². The van der Waals surface area contributed by atoms with E-state index < -0.39 is 0 Å². The van der Waals surface area contributed by atoms with E-state index in [1.165, 1.54) is 12.8 Å². The maximum absolute atomic E-state index is 9.35. The zero-order valence-electron chi connectivity index (χ0n) is 9.92. The summed E-state index contributed by atoms with van der Waals surface area (Å²) < 4.78 is 0. The maximum Gasteiger partial charge on any atom is 0.0628 e. The third kappa shape index (κ3) is 6.68. The van der Waals surface area contributed by atoms with Crippen LogP contribution in [0.5, 0.6) is 0 Å². The summed E-state index contributed by atoms with van der Waals surface area (Å²) >= 11 is 1.86. The van der Waals surface area contributed by atoms with Crippen LogP contribution in [0.4, 0.5) is 0 Å². The molecule has 0 aliphatic heterocycles. The second kappa shape index (κ2) is 8.57. The van der Waals surface area contributed by atoms with Crippen molar-refractivity contribution in [1.82, 2.24) is 5.32 Å². The highest BCUT2D eigenvalue weighted by Gasteiger charge is 2.12. The van der Waals surface area contributed by atoms with E-state index in [9.17, 15) is 5.11 Å². The minimum Gasteiger partial charge on any atom is -0.392 e. The fourth-order valence-electron chi connectivity index (χ4n) is 1.29. The van der Waals surface area contributed by atoms with Crippen molar-refractivity contribution in [2.75, 3.05) is 12.3 Å². The van der Waals surface area contributed by atoms with Crippen molar-refractivity contribution in [3.8, 4) is 0 Å². The van der Waals surface area contributed by atoms with Gasteiger partial charge in [0.2, 0.25) is 0 Å². The Bertz CT molecular complexity index is 124. The fraction of sp³-hybridized carbons (Fsp3) is 1.00. The van der Waals surface area contributed by atoms with Gasteiger partial charge in [0.05, 0.1) is 6.10 Å². The summed E-state index contributed by atoms with van der Waals surface area (Å²) in [5.74, 6) is 1.10. The van der Waals surface area contributed by atoms with Crippen molar-refractivity contribution in [1.29, 1.82) is 0 Å². The highest BCUT2D eigenvalue weighted by molar-refractivity contribution is 7.99. The second-order valence-electron chi connectivity index (χ2n) is 3.82. The van der Waals surface area contributed by atoms with E-state index in [0.717, 1.165) is 12.3 Å². The standard InChI is InChI=1S/C11H25NOS/c1-5-7-11(12-6-2)8-14-10(4)9(3)13/h9-13H,5-8H2,1-4H3. The van der Waals surface area contributed by atoms with Gasteiger partial charge in [-0.15, -0.1) is 0 Å². The molecular weight excluding hydrogens is 194 g/mol. The predicted octanol–water partition coefficient (Wildman–Crippen LogP) is 2.27. The lowest BCUT2D eigenvalue weighted by atomic mass is 10.2. The average Bonchev–Trinajstić information content (AvgIpc) is 2.14. The molecule has 0 aliphatic rings. The predicted molar refractivity (Wildman–Crippen MR) is 66.0 cm³/mol. The fourth-order valence-corrected chi connectivity index (χ4v) is 2.39. The Morgan fingerprint density at radius 1 is 1.29 bits per heavy atom. The van der Waals surface area contributed by atoms with Crippen molar-refractivity contribution < 1.29 is 5.11 Å². The van der Waals surface area contributed by atoms with Crippen LogP contribution in [0.15, 0.2) is 0 Å². The molecule has 0 saturated heterocycles. The summed E-state index contributed by atoms with van der Waals surface area (Å²) in [5, 5.41) is 13.2. The topological polar surface area (TPSA) is 32.3 Å². The lowest BCUT2D eigenvalue weighted by molar-refractivity contribution is 0.196. The van der Waals surface area contributed by atoms with E-state index in [1.54, 1.807) is 0 Å². The first-order chi connectivity index (χ1) is 6.61. The van der Waals surface area contributed by atoms with Gasteiger partial charge in [-0.3, -0.25) is 0 Å². The number of hydrogen-bond donors (Lipinski definition) is 2. The van der Waals surface area contributed by atoms with Gasteiger partial charge in [0, 0.05) is 17.0 Å². The molecule has 0 aromatic rings. The number of hydrogen-bond acceptors (Lipinski definition) is 3. The summed E-state index contributed by atoms with van der Waals surface area (Å²) in [7, 11) is 0.